The second kappa shape index (κ2) is 10.1. The Morgan fingerprint density at radius 1 is 0.867 bits per heavy atom. The van der Waals surface area contributed by atoms with Crippen molar-refractivity contribution in [3.05, 3.63) is 87.9 Å². The molecule has 0 saturated carbocycles. The van der Waals surface area contributed by atoms with Crippen LogP contribution in [-0.4, -0.2) is 18.4 Å². The van der Waals surface area contributed by atoms with E-state index in [-0.39, 0.29) is 23.4 Å². The normalized spacial score (nSPS) is 10.4. The predicted molar refractivity (Wildman–Crippen MR) is 121 cm³/mol. The standard InChI is InChI=1S/C23H20Cl2N2O3/c1-2-15-6-3-4-8-19(15)27-23(29)16-10-12-17(13-11-16)30-14-21(28)26-20-9-5-7-18(24)22(20)25/h3-13H,2,14H2,1H3,(H,26,28)(H,27,29). The van der Waals surface area contributed by atoms with Crippen molar-refractivity contribution in [2.45, 2.75) is 13.3 Å². The molecule has 0 atom stereocenters. The Bertz CT molecular complexity index is 1050. The van der Waals surface area contributed by atoms with E-state index >= 15 is 0 Å². The van der Waals surface area contributed by atoms with Gasteiger partial charge in [0.05, 0.1) is 15.7 Å². The second-order valence-electron chi connectivity index (χ2n) is 6.43. The fourth-order valence-electron chi connectivity index (χ4n) is 2.78. The van der Waals surface area contributed by atoms with Crippen molar-refractivity contribution in [3.63, 3.8) is 0 Å². The van der Waals surface area contributed by atoms with Gasteiger partial charge in [-0.3, -0.25) is 9.59 Å². The van der Waals surface area contributed by atoms with Gasteiger partial charge in [0, 0.05) is 11.3 Å². The maximum atomic E-state index is 12.5. The van der Waals surface area contributed by atoms with Crippen molar-refractivity contribution in [1.82, 2.24) is 0 Å². The number of hydrogen-bond acceptors (Lipinski definition) is 3. The Kier molecular flexibility index (Phi) is 7.33. The van der Waals surface area contributed by atoms with Gasteiger partial charge in [0.2, 0.25) is 0 Å². The third-order valence-corrected chi connectivity index (χ3v) is 5.18. The van der Waals surface area contributed by atoms with Crippen LogP contribution in [0.1, 0.15) is 22.8 Å². The molecule has 30 heavy (non-hydrogen) atoms. The number of para-hydroxylation sites is 1. The Hall–Kier alpha value is -3.02. The van der Waals surface area contributed by atoms with Gasteiger partial charge in [-0.25, -0.2) is 0 Å². The average molecular weight is 443 g/mol. The molecule has 0 radical (unpaired) electrons. The lowest BCUT2D eigenvalue weighted by Gasteiger charge is -2.11. The first kappa shape index (κ1) is 21.7. The van der Waals surface area contributed by atoms with Gasteiger partial charge in [-0.15, -0.1) is 0 Å². The van der Waals surface area contributed by atoms with Crippen LogP contribution >= 0.6 is 23.2 Å². The summed E-state index contributed by atoms with van der Waals surface area (Å²) in [5, 5.41) is 6.19. The minimum atomic E-state index is -0.378. The average Bonchev–Trinajstić information content (AvgIpc) is 2.76. The molecule has 0 heterocycles. The molecule has 3 aromatic carbocycles. The maximum absolute atomic E-state index is 12.5. The summed E-state index contributed by atoms with van der Waals surface area (Å²) < 4.78 is 5.48. The second-order valence-corrected chi connectivity index (χ2v) is 7.21. The molecule has 0 aliphatic rings. The van der Waals surface area contributed by atoms with Gasteiger partial charge in [0.1, 0.15) is 5.75 Å². The third kappa shape index (κ3) is 5.53. The lowest BCUT2D eigenvalue weighted by Crippen LogP contribution is -2.20. The molecule has 0 aromatic heterocycles. The number of halogens is 2. The van der Waals surface area contributed by atoms with Crippen LogP contribution in [0, 0.1) is 0 Å². The molecule has 0 aliphatic carbocycles. The third-order valence-electron chi connectivity index (χ3n) is 4.36. The van der Waals surface area contributed by atoms with Crippen molar-refractivity contribution < 1.29 is 14.3 Å². The fraction of sp³-hybridized carbons (Fsp3) is 0.130. The summed E-state index contributed by atoms with van der Waals surface area (Å²) >= 11 is 12.0. The number of anilines is 2. The summed E-state index contributed by atoms with van der Waals surface area (Å²) in [5.41, 5.74) is 2.76. The smallest absolute Gasteiger partial charge is 0.262 e. The van der Waals surface area contributed by atoms with Crippen molar-refractivity contribution in [2.75, 3.05) is 17.2 Å². The number of carbonyl (C=O) groups excluding carboxylic acids is 2. The Labute approximate surface area is 185 Å². The minimum Gasteiger partial charge on any atom is -0.484 e. The summed E-state index contributed by atoms with van der Waals surface area (Å²) in [6, 6.07) is 19.2. The number of aryl methyl sites for hydroxylation is 1. The first-order valence-electron chi connectivity index (χ1n) is 9.34. The molecule has 0 aliphatic heterocycles. The molecule has 0 unspecified atom stereocenters. The monoisotopic (exact) mass is 442 g/mol. The lowest BCUT2D eigenvalue weighted by molar-refractivity contribution is -0.118. The summed E-state index contributed by atoms with van der Waals surface area (Å²) in [5.74, 6) is -0.124. The molecule has 154 valence electrons. The van der Waals surface area contributed by atoms with E-state index in [9.17, 15) is 9.59 Å². The summed E-state index contributed by atoms with van der Waals surface area (Å²) in [6.45, 7) is 1.83. The lowest BCUT2D eigenvalue weighted by atomic mass is 10.1. The molecule has 3 aromatic rings. The Balaban J connectivity index is 1.56. The first-order valence-corrected chi connectivity index (χ1v) is 10.1. The van der Waals surface area contributed by atoms with E-state index in [1.165, 1.54) is 0 Å². The van der Waals surface area contributed by atoms with Crippen LogP contribution in [0.15, 0.2) is 66.7 Å². The van der Waals surface area contributed by atoms with Crippen LogP contribution in [0.3, 0.4) is 0 Å². The van der Waals surface area contributed by atoms with Crippen molar-refractivity contribution in [2.24, 2.45) is 0 Å². The minimum absolute atomic E-state index is 0.210. The summed E-state index contributed by atoms with van der Waals surface area (Å²) in [6.07, 6.45) is 0.825. The molecule has 3 rings (SSSR count). The van der Waals surface area contributed by atoms with Gasteiger partial charge < -0.3 is 15.4 Å². The van der Waals surface area contributed by atoms with E-state index in [4.69, 9.17) is 27.9 Å². The quantitative estimate of drug-likeness (QED) is 0.483. The Morgan fingerprint density at radius 2 is 1.57 bits per heavy atom. The van der Waals surface area contributed by atoms with Gasteiger partial charge in [-0.1, -0.05) is 54.4 Å². The molecule has 0 spiro atoms. The molecule has 0 saturated heterocycles. The van der Waals surface area contributed by atoms with Gasteiger partial charge in [-0.05, 0) is 54.4 Å². The van der Waals surface area contributed by atoms with E-state index in [2.05, 4.69) is 10.6 Å². The first-order chi connectivity index (χ1) is 14.5. The van der Waals surface area contributed by atoms with Crippen LogP contribution in [0.4, 0.5) is 11.4 Å². The van der Waals surface area contributed by atoms with Gasteiger partial charge in [0.15, 0.2) is 6.61 Å². The largest absolute Gasteiger partial charge is 0.484 e. The molecule has 2 amide bonds. The highest BCUT2D eigenvalue weighted by molar-refractivity contribution is 6.44. The van der Waals surface area contributed by atoms with Crippen molar-refractivity contribution in [1.29, 1.82) is 0 Å². The highest BCUT2D eigenvalue weighted by Gasteiger charge is 2.11. The van der Waals surface area contributed by atoms with Crippen LogP contribution in [0.25, 0.3) is 0 Å². The van der Waals surface area contributed by atoms with Gasteiger partial charge in [-0.2, -0.15) is 0 Å². The maximum Gasteiger partial charge on any atom is 0.262 e. The fourth-order valence-corrected chi connectivity index (χ4v) is 3.13. The molecular formula is C23H20Cl2N2O3. The molecule has 2 N–H and O–H groups in total. The zero-order valence-electron chi connectivity index (χ0n) is 16.2. The van der Waals surface area contributed by atoms with E-state index in [0.29, 0.717) is 22.0 Å². The zero-order chi connectivity index (χ0) is 21.5. The zero-order valence-corrected chi connectivity index (χ0v) is 17.8. The van der Waals surface area contributed by atoms with Crippen LogP contribution in [0.2, 0.25) is 10.0 Å². The highest BCUT2D eigenvalue weighted by Crippen LogP contribution is 2.29. The number of amides is 2. The summed E-state index contributed by atoms with van der Waals surface area (Å²) in [7, 11) is 0. The number of carbonyl (C=O) groups is 2. The van der Waals surface area contributed by atoms with Crippen molar-refractivity contribution >= 4 is 46.4 Å². The molecule has 5 nitrogen and oxygen atoms in total. The van der Waals surface area contributed by atoms with E-state index in [0.717, 1.165) is 17.7 Å². The SMILES string of the molecule is CCc1ccccc1NC(=O)c1ccc(OCC(=O)Nc2cccc(Cl)c2Cl)cc1. The van der Waals surface area contributed by atoms with Gasteiger partial charge >= 0.3 is 0 Å². The van der Waals surface area contributed by atoms with E-state index in [1.807, 2.05) is 31.2 Å². The van der Waals surface area contributed by atoms with E-state index < -0.39 is 0 Å². The van der Waals surface area contributed by atoms with E-state index in [1.54, 1.807) is 42.5 Å². The molecule has 7 heteroatoms. The predicted octanol–water partition coefficient (Wildman–Crippen LogP) is 5.83. The Morgan fingerprint density at radius 3 is 2.30 bits per heavy atom. The number of ether oxygens (including phenoxy) is 1. The molecule has 0 bridgehead atoms. The van der Waals surface area contributed by atoms with Crippen LogP contribution in [-0.2, 0) is 11.2 Å². The van der Waals surface area contributed by atoms with Crippen molar-refractivity contribution in [3.8, 4) is 5.75 Å². The number of hydrogen-bond donors (Lipinski definition) is 2. The number of benzene rings is 3. The van der Waals surface area contributed by atoms with Crippen LogP contribution in [0.5, 0.6) is 5.75 Å². The highest BCUT2D eigenvalue weighted by atomic mass is 35.5. The summed E-state index contributed by atoms with van der Waals surface area (Å²) in [4.78, 5) is 24.6. The number of nitrogens with one attached hydrogen (secondary N) is 2. The molecular weight excluding hydrogens is 423 g/mol. The van der Waals surface area contributed by atoms with Gasteiger partial charge in [0.25, 0.3) is 11.8 Å². The van der Waals surface area contributed by atoms with Crippen LogP contribution < -0.4 is 15.4 Å². The number of rotatable bonds is 7. The topological polar surface area (TPSA) is 67.4 Å². The molecule has 0 fully saturated rings.